The van der Waals surface area contributed by atoms with Crippen molar-refractivity contribution < 1.29 is 16.8 Å². The van der Waals surface area contributed by atoms with Gasteiger partial charge in [-0.2, -0.15) is 0 Å². The molecule has 22 heavy (non-hydrogen) atoms. The van der Waals surface area contributed by atoms with E-state index in [1.54, 1.807) is 24.3 Å². The number of unbranched alkanes of at least 4 members (excludes halogenated alkanes) is 3. The summed E-state index contributed by atoms with van der Waals surface area (Å²) in [5, 5.41) is 1.11. The first-order valence-electron chi connectivity index (χ1n) is 7.20. The molecule has 0 aliphatic rings. The molecule has 1 aromatic rings. The molecule has 0 saturated heterocycles. The Hall–Kier alpha value is -1.34. The number of sulfone groups is 1. The highest BCUT2D eigenvalue weighted by Crippen LogP contribution is 2.14. The largest absolute Gasteiger partial charge is 0.284 e. The Morgan fingerprint density at radius 2 is 1.64 bits per heavy atom. The third-order valence-corrected chi connectivity index (χ3v) is 4.96. The molecule has 0 fully saturated rings. The predicted molar refractivity (Wildman–Crippen MR) is 91.9 cm³/mol. The summed E-state index contributed by atoms with van der Waals surface area (Å²) in [7, 11) is -6.50. The first-order valence-corrected chi connectivity index (χ1v) is 10.8. The van der Waals surface area contributed by atoms with Crippen LogP contribution in [0.4, 0.5) is 5.69 Å². The molecular weight excluding hydrogens is 322 g/mol. The van der Waals surface area contributed by atoms with Crippen LogP contribution in [-0.2, 0) is 19.9 Å². The second-order valence-electron chi connectivity index (χ2n) is 5.24. The van der Waals surface area contributed by atoms with Gasteiger partial charge in [-0.15, -0.1) is 0 Å². The van der Waals surface area contributed by atoms with Gasteiger partial charge in [-0.1, -0.05) is 38.3 Å². The van der Waals surface area contributed by atoms with Gasteiger partial charge in [0.25, 0.3) is 0 Å². The van der Waals surface area contributed by atoms with Gasteiger partial charge in [0.05, 0.1) is 5.75 Å². The van der Waals surface area contributed by atoms with E-state index in [0.29, 0.717) is 17.7 Å². The first kappa shape index (κ1) is 18.7. The molecule has 7 heteroatoms. The van der Waals surface area contributed by atoms with Gasteiger partial charge in [0.2, 0.25) is 10.0 Å². The summed E-state index contributed by atoms with van der Waals surface area (Å²) < 4.78 is 48.4. The molecule has 0 unspecified atom stereocenters. The van der Waals surface area contributed by atoms with Crippen LogP contribution in [0, 0.1) is 0 Å². The number of benzene rings is 1. The maximum Gasteiger partial charge on any atom is 0.232 e. The average Bonchev–Trinajstić information content (AvgIpc) is 2.42. The molecule has 0 atom stereocenters. The van der Waals surface area contributed by atoms with Crippen LogP contribution >= 0.6 is 0 Å². The van der Waals surface area contributed by atoms with E-state index in [9.17, 15) is 16.8 Å². The normalized spacial score (nSPS) is 12.6. The van der Waals surface area contributed by atoms with E-state index >= 15 is 0 Å². The van der Waals surface area contributed by atoms with Crippen molar-refractivity contribution in [1.29, 1.82) is 0 Å². The van der Waals surface area contributed by atoms with Crippen LogP contribution in [0.25, 0.3) is 6.08 Å². The molecule has 0 amide bonds. The van der Waals surface area contributed by atoms with Gasteiger partial charge >= 0.3 is 0 Å². The van der Waals surface area contributed by atoms with Crippen LogP contribution in [-0.4, -0.2) is 28.8 Å². The number of hydrogen-bond donors (Lipinski definition) is 1. The lowest BCUT2D eigenvalue weighted by Gasteiger charge is -2.08. The monoisotopic (exact) mass is 345 g/mol. The van der Waals surface area contributed by atoms with Crippen molar-refractivity contribution in [2.24, 2.45) is 0 Å². The van der Waals surface area contributed by atoms with Gasteiger partial charge < -0.3 is 0 Å². The fourth-order valence-corrected chi connectivity index (χ4v) is 3.40. The predicted octanol–water partition coefficient (Wildman–Crippen LogP) is 3.02. The highest BCUT2D eigenvalue weighted by Gasteiger charge is 2.09. The summed E-state index contributed by atoms with van der Waals surface area (Å²) in [5.41, 5.74) is 1.17. The SMILES string of the molecule is CCCCCCS(=O)(=O)Nc1ccc(/C=C/S(C)(=O)=O)cc1. The Kier molecular flexibility index (Phi) is 7.09. The van der Waals surface area contributed by atoms with Crippen LogP contribution in [0.5, 0.6) is 0 Å². The third kappa shape index (κ3) is 8.19. The fourth-order valence-electron chi connectivity index (χ4n) is 1.81. The minimum absolute atomic E-state index is 0.114. The lowest BCUT2D eigenvalue weighted by atomic mass is 10.2. The van der Waals surface area contributed by atoms with E-state index in [0.717, 1.165) is 30.9 Å². The zero-order valence-corrected chi connectivity index (χ0v) is 14.6. The molecule has 1 N–H and O–H groups in total. The second-order valence-corrected chi connectivity index (χ2v) is 9.01. The van der Waals surface area contributed by atoms with Crippen molar-refractivity contribution >= 4 is 31.6 Å². The lowest BCUT2D eigenvalue weighted by Crippen LogP contribution is -2.16. The van der Waals surface area contributed by atoms with Crippen molar-refractivity contribution in [3.05, 3.63) is 35.2 Å². The number of hydrogen-bond acceptors (Lipinski definition) is 4. The summed E-state index contributed by atoms with van der Waals surface area (Å²) >= 11 is 0. The van der Waals surface area contributed by atoms with Gasteiger partial charge in [-0.25, -0.2) is 16.8 Å². The Morgan fingerprint density at radius 1 is 1.00 bits per heavy atom. The minimum atomic E-state index is -3.33. The standard InChI is InChI=1S/C15H23NO4S2/c1-3-4-5-6-12-22(19,20)16-15-9-7-14(8-10-15)11-13-21(2,17)18/h7-11,13,16H,3-6,12H2,1-2H3/b13-11+. The molecular formula is C15H23NO4S2. The van der Waals surface area contributed by atoms with Crippen LogP contribution in [0.2, 0.25) is 0 Å². The maximum absolute atomic E-state index is 11.9. The highest BCUT2D eigenvalue weighted by molar-refractivity contribution is 7.93. The quantitative estimate of drug-likeness (QED) is 0.698. The molecule has 0 aromatic heterocycles. The Bertz CT molecular complexity index is 690. The molecule has 0 bridgehead atoms. The van der Waals surface area contributed by atoms with Crippen LogP contribution in [0.1, 0.15) is 38.2 Å². The van der Waals surface area contributed by atoms with Gasteiger partial charge in [-0.3, -0.25) is 4.72 Å². The molecule has 0 saturated carbocycles. The van der Waals surface area contributed by atoms with Crippen LogP contribution in [0.3, 0.4) is 0 Å². The molecule has 0 spiro atoms. The molecule has 0 radical (unpaired) electrons. The van der Waals surface area contributed by atoms with E-state index < -0.39 is 19.9 Å². The molecule has 0 aliphatic heterocycles. The Balaban J connectivity index is 2.62. The highest BCUT2D eigenvalue weighted by atomic mass is 32.2. The van der Waals surface area contributed by atoms with Crippen molar-refractivity contribution in [3.63, 3.8) is 0 Å². The lowest BCUT2D eigenvalue weighted by molar-refractivity contribution is 0.594. The number of rotatable bonds is 9. The molecule has 0 heterocycles. The minimum Gasteiger partial charge on any atom is -0.284 e. The number of nitrogens with one attached hydrogen (secondary N) is 1. The van der Waals surface area contributed by atoms with Gasteiger partial charge in [0.1, 0.15) is 0 Å². The van der Waals surface area contributed by atoms with Crippen LogP contribution in [0.15, 0.2) is 29.7 Å². The maximum atomic E-state index is 11.9. The zero-order chi connectivity index (χ0) is 16.6. The smallest absolute Gasteiger partial charge is 0.232 e. The molecule has 5 nitrogen and oxygen atoms in total. The van der Waals surface area contributed by atoms with Crippen molar-refractivity contribution in [2.45, 2.75) is 32.6 Å². The molecule has 124 valence electrons. The second kappa shape index (κ2) is 8.33. The van der Waals surface area contributed by atoms with Crippen LogP contribution < -0.4 is 4.72 Å². The Labute approximate surface area is 133 Å². The summed E-state index contributed by atoms with van der Waals surface area (Å²) in [6, 6.07) is 6.56. The third-order valence-electron chi connectivity index (χ3n) is 2.96. The van der Waals surface area contributed by atoms with E-state index in [-0.39, 0.29) is 5.75 Å². The van der Waals surface area contributed by atoms with E-state index in [1.807, 2.05) is 0 Å². The summed E-state index contributed by atoms with van der Waals surface area (Å²) in [4.78, 5) is 0. The average molecular weight is 345 g/mol. The number of anilines is 1. The van der Waals surface area contributed by atoms with E-state index in [1.165, 1.54) is 6.08 Å². The van der Waals surface area contributed by atoms with Gasteiger partial charge in [0.15, 0.2) is 9.84 Å². The van der Waals surface area contributed by atoms with E-state index in [2.05, 4.69) is 11.6 Å². The zero-order valence-electron chi connectivity index (χ0n) is 12.9. The van der Waals surface area contributed by atoms with E-state index in [4.69, 9.17) is 0 Å². The van der Waals surface area contributed by atoms with Gasteiger partial charge in [-0.05, 0) is 30.2 Å². The van der Waals surface area contributed by atoms with Crippen molar-refractivity contribution in [3.8, 4) is 0 Å². The number of sulfonamides is 1. The van der Waals surface area contributed by atoms with Gasteiger partial charge in [0, 0.05) is 17.4 Å². The fraction of sp³-hybridized carbons (Fsp3) is 0.467. The first-order chi connectivity index (χ1) is 10.2. The topological polar surface area (TPSA) is 80.3 Å². The summed E-state index contributed by atoms with van der Waals surface area (Å²) in [6.07, 6.45) is 6.25. The summed E-state index contributed by atoms with van der Waals surface area (Å²) in [6.45, 7) is 2.08. The summed E-state index contributed by atoms with van der Waals surface area (Å²) in [5.74, 6) is 0.114. The molecule has 1 aromatic carbocycles. The molecule has 1 rings (SSSR count). The Morgan fingerprint density at radius 3 is 2.18 bits per heavy atom. The van der Waals surface area contributed by atoms with Crippen molar-refractivity contribution in [1.82, 2.24) is 0 Å². The molecule has 0 aliphatic carbocycles. The van der Waals surface area contributed by atoms with Crippen molar-refractivity contribution in [2.75, 3.05) is 16.7 Å².